The Balaban J connectivity index is 1.81. The lowest BCUT2D eigenvalue weighted by molar-refractivity contribution is -0.173. The molecule has 3 atom stereocenters. The molecule has 0 N–H and O–H groups in total. The van der Waals surface area contributed by atoms with E-state index < -0.39 is 35.8 Å². The Morgan fingerprint density at radius 1 is 0.879 bits per heavy atom. The highest BCUT2D eigenvalue weighted by Crippen LogP contribution is 2.37. The molecule has 3 aromatic carbocycles. The van der Waals surface area contributed by atoms with Crippen LogP contribution in [0, 0.1) is 11.8 Å². The zero-order valence-corrected chi connectivity index (χ0v) is 18.7. The van der Waals surface area contributed by atoms with E-state index in [1.807, 2.05) is 66.7 Å². The zero-order valence-electron chi connectivity index (χ0n) is 18.7. The van der Waals surface area contributed by atoms with E-state index >= 15 is 0 Å². The molecule has 0 heterocycles. The molecule has 0 amide bonds. The average Bonchev–Trinajstić information content (AvgIpc) is 2.85. The molecule has 0 saturated carbocycles. The number of ether oxygens (including phenoxy) is 3. The summed E-state index contributed by atoms with van der Waals surface area (Å²) in [6.07, 6.45) is 3.15. The highest BCUT2D eigenvalue weighted by molar-refractivity contribution is 6.05. The van der Waals surface area contributed by atoms with E-state index in [0.29, 0.717) is 18.4 Å². The molecule has 0 unspecified atom stereocenters. The van der Waals surface area contributed by atoms with Crippen LogP contribution in [0.2, 0.25) is 0 Å². The maximum atomic E-state index is 13.3. The molecular weight excluding hydrogens is 420 g/mol. The lowest BCUT2D eigenvalue weighted by Gasteiger charge is -2.27. The quantitative estimate of drug-likeness (QED) is 0.232. The Morgan fingerprint density at radius 3 is 1.97 bits per heavy atom. The third-order valence-corrected chi connectivity index (χ3v) is 6.05. The molecule has 4 rings (SSSR count). The molecule has 0 bridgehead atoms. The van der Waals surface area contributed by atoms with E-state index in [2.05, 4.69) is 0 Å². The van der Waals surface area contributed by atoms with Crippen LogP contribution in [0.5, 0.6) is 0 Å². The second-order valence-corrected chi connectivity index (χ2v) is 7.98. The fraction of sp³-hybridized carbons (Fsp3) is 0.296. The van der Waals surface area contributed by atoms with Gasteiger partial charge in [-0.15, -0.1) is 0 Å². The first-order valence-corrected chi connectivity index (χ1v) is 11.1. The van der Waals surface area contributed by atoms with E-state index in [9.17, 15) is 14.4 Å². The molecule has 0 aromatic heterocycles. The van der Waals surface area contributed by atoms with Crippen molar-refractivity contribution in [1.29, 1.82) is 0 Å². The number of hydrogen-bond acceptors (Lipinski definition) is 6. The van der Waals surface area contributed by atoms with Crippen LogP contribution >= 0.6 is 0 Å². The highest BCUT2D eigenvalue weighted by Gasteiger charge is 2.39. The van der Waals surface area contributed by atoms with Crippen molar-refractivity contribution in [3.63, 3.8) is 0 Å². The van der Waals surface area contributed by atoms with Crippen molar-refractivity contribution < 1.29 is 28.6 Å². The maximum absolute atomic E-state index is 13.3. The van der Waals surface area contributed by atoms with Crippen LogP contribution < -0.4 is 0 Å². The van der Waals surface area contributed by atoms with Crippen LogP contribution in [0.1, 0.15) is 31.4 Å². The molecule has 1 aliphatic rings. The predicted octanol–water partition coefficient (Wildman–Crippen LogP) is 4.90. The van der Waals surface area contributed by atoms with Gasteiger partial charge in [-0.3, -0.25) is 9.59 Å². The van der Waals surface area contributed by atoms with Crippen molar-refractivity contribution in [1.82, 2.24) is 0 Å². The number of allylic oxidation sites excluding steroid dienone is 2. The van der Waals surface area contributed by atoms with Crippen LogP contribution in [0.3, 0.4) is 0 Å². The Hall–Kier alpha value is -3.67. The monoisotopic (exact) mass is 446 g/mol. The first-order chi connectivity index (χ1) is 16.0. The van der Waals surface area contributed by atoms with Gasteiger partial charge in [0.1, 0.15) is 0 Å². The van der Waals surface area contributed by atoms with Gasteiger partial charge in [0.2, 0.25) is 6.10 Å². The molecule has 0 saturated heterocycles. The summed E-state index contributed by atoms with van der Waals surface area (Å²) in [6.45, 7) is 1.85. The minimum absolute atomic E-state index is 0.145. The molecule has 0 fully saturated rings. The summed E-state index contributed by atoms with van der Waals surface area (Å²) in [5.41, 5.74) is 0.580. The highest BCUT2D eigenvalue weighted by atomic mass is 16.6. The molecule has 6 nitrogen and oxygen atoms in total. The van der Waals surface area contributed by atoms with Crippen molar-refractivity contribution in [3.05, 3.63) is 72.3 Å². The summed E-state index contributed by atoms with van der Waals surface area (Å²) in [7, 11) is 1.30. The second kappa shape index (κ2) is 9.86. The van der Waals surface area contributed by atoms with E-state index in [1.54, 1.807) is 6.92 Å². The van der Waals surface area contributed by atoms with Gasteiger partial charge in [0.05, 0.1) is 25.6 Å². The predicted molar refractivity (Wildman–Crippen MR) is 124 cm³/mol. The van der Waals surface area contributed by atoms with Gasteiger partial charge in [-0.25, -0.2) is 4.79 Å². The van der Waals surface area contributed by atoms with Gasteiger partial charge in [0, 0.05) is 5.56 Å². The number of carbonyl (C=O) groups excluding carboxylic acids is 3. The van der Waals surface area contributed by atoms with E-state index in [4.69, 9.17) is 14.2 Å². The van der Waals surface area contributed by atoms with E-state index in [0.717, 1.165) is 21.5 Å². The molecule has 0 aliphatic heterocycles. The van der Waals surface area contributed by atoms with Crippen LogP contribution in [0.25, 0.3) is 21.5 Å². The van der Waals surface area contributed by atoms with Gasteiger partial charge in [-0.2, -0.15) is 0 Å². The summed E-state index contributed by atoms with van der Waals surface area (Å²) in [6, 6.07) is 17.3. The molecule has 170 valence electrons. The number of rotatable bonds is 6. The fourth-order valence-electron chi connectivity index (χ4n) is 4.46. The number of carbonyl (C=O) groups is 3. The Kier molecular flexibility index (Phi) is 6.73. The number of methoxy groups -OCH3 is 1. The van der Waals surface area contributed by atoms with Gasteiger partial charge < -0.3 is 14.2 Å². The first-order valence-electron chi connectivity index (χ1n) is 11.1. The van der Waals surface area contributed by atoms with E-state index in [1.165, 1.54) is 7.11 Å². The first kappa shape index (κ1) is 22.5. The lowest BCUT2D eigenvalue weighted by Crippen LogP contribution is -2.35. The summed E-state index contributed by atoms with van der Waals surface area (Å²) < 4.78 is 16.1. The molecule has 0 spiro atoms. The third kappa shape index (κ3) is 4.46. The Labute approximate surface area is 192 Å². The minimum atomic E-state index is -1.27. The van der Waals surface area contributed by atoms with Crippen LogP contribution in [-0.4, -0.2) is 31.6 Å². The zero-order chi connectivity index (χ0) is 23.4. The van der Waals surface area contributed by atoms with Crippen molar-refractivity contribution in [2.45, 2.75) is 25.9 Å². The van der Waals surface area contributed by atoms with Crippen molar-refractivity contribution in [2.75, 3.05) is 13.7 Å². The summed E-state index contributed by atoms with van der Waals surface area (Å²) in [4.78, 5) is 38.7. The van der Waals surface area contributed by atoms with Crippen molar-refractivity contribution in [3.8, 4) is 0 Å². The van der Waals surface area contributed by atoms with Crippen LogP contribution in [-0.2, 0) is 28.6 Å². The molecular formula is C27H26O6. The third-order valence-electron chi connectivity index (χ3n) is 6.05. The molecule has 33 heavy (non-hydrogen) atoms. The molecule has 0 radical (unpaired) electrons. The van der Waals surface area contributed by atoms with Crippen molar-refractivity contribution in [2.24, 2.45) is 11.8 Å². The van der Waals surface area contributed by atoms with Crippen LogP contribution in [0.15, 0.2) is 66.7 Å². The number of hydrogen-bond donors (Lipinski definition) is 0. The van der Waals surface area contributed by atoms with Gasteiger partial charge in [-0.1, -0.05) is 60.7 Å². The SMILES string of the molecule is CCOC(=O)[C@H](OC(=O)[C@@H]1CC=CC[C@@H]1C(=O)OC)c1c2ccccc2cc2ccccc12. The minimum Gasteiger partial charge on any atom is -0.469 e. The Bertz CT molecular complexity index is 1170. The van der Waals surface area contributed by atoms with Gasteiger partial charge >= 0.3 is 17.9 Å². The summed E-state index contributed by atoms with van der Waals surface area (Å²) >= 11 is 0. The topological polar surface area (TPSA) is 78.9 Å². The Morgan fingerprint density at radius 2 is 1.42 bits per heavy atom. The maximum Gasteiger partial charge on any atom is 0.352 e. The standard InChI is InChI=1S/C27H26O6/c1-3-32-27(30)24(33-26(29)22-15-9-8-14-21(22)25(28)31-2)23-19-12-6-4-10-17(19)16-18-11-5-7-13-20(18)23/h4-13,16,21-22,24H,3,14-15H2,1-2H3/t21-,22+,24+/m0/s1. The molecule has 3 aromatic rings. The van der Waals surface area contributed by atoms with Crippen LogP contribution in [0.4, 0.5) is 0 Å². The van der Waals surface area contributed by atoms with E-state index in [-0.39, 0.29) is 6.61 Å². The normalized spacial score (nSPS) is 18.6. The number of fused-ring (bicyclic) bond motifs is 2. The summed E-state index contributed by atoms with van der Waals surface area (Å²) in [5, 5.41) is 3.44. The van der Waals surface area contributed by atoms with Crippen molar-refractivity contribution >= 4 is 39.5 Å². The fourth-order valence-corrected chi connectivity index (χ4v) is 4.46. The van der Waals surface area contributed by atoms with Gasteiger partial charge in [0.15, 0.2) is 0 Å². The van der Waals surface area contributed by atoms with Gasteiger partial charge in [0.25, 0.3) is 0 Å². The lowest BCUT2D eigenvalue weighted by atomic mass is 9.83. The summed E-state index contributed by atoms with van der Waals surface area (Å²) in [5.74, 6) is -3.12. The second-order valence-electron chi connectivity index (χ2n) is 7.98. The molecule has 1 aliphatic carbocycles. The molecule has 6 heteroatoms. The average molecular weight is 446 g/mol. The van der Waals surface area contributed by atoms with Gasteiger partial charge in [-0.05, 0) is 47.4 Å². The number of esters is 3. The number of benzene rings is 3. The smallest absolute Gasteiger partial charge is 0.352 e. The largest absolute Gasteiger partial charge is 0.469 e.